The highest BCUT2D eigenvalue weighted by molar-refractivity contribution is 7.98. The van der Waals surface area contributed by atoms with Crippen LogP contribution in [0, 0.1) is 0 Å². The van der Waals surface area contributed by atoms with Crippen molar-refractivity contribution in [1.29, 1.82) is 0 Å². The number of hydrogen-bond acceptors (Lipinski definition) is 8. The van der Waals surface area contributed by atoms with Crippen molar-refractivity contribution in [2.45, 2.75) is 23.9 Å². The molecule has 25 heavy (non-hydrogen) atoms. The van der Waals surface area contributed by atoms with E-state index in [9.17, 15) is 9.32 Å². The molecule has 0 saturated heterocycles. The lowest BCUT2D eigenvalue weighted by atomic mass is 10.2. The summed E-state index contributed by atoms with van der Waals surface area (Å²) in [7, 11) is 0. The molecular weight excluding hydrogens is 364 g/mol. The van der Waals surface area contributed by atoms with Crippen molar-refractivity contribution in [1.82, 2.24) is 9.97 Å². The number of thioether (sulfide) groups is 1. The van der Waals surface area contributed by atoms with E-state index >= 15 is 0 Å². The van der Waals surface area contributed by atoms with Gasteiger partial charge in [0.15, 0.2) is 5.16 Å². The van der Waals surface area contributed by atoms with Crippen LogP contribution in [-0.2, 0) is 21.3 Å². The zero-order valence-electron chi connectivity index (χ0n) is 13.6. The summed E-state index contributed by atoms with van der Waals surface area (Å²) in [4.78, 5) is 8.78. The zero-order chi connectivity index (χ0) is 18.1. The van der Waals surface area contributed by atoms with Crippen LogP contribution >= 0.6 is 11.8 Å². The van der Waals surface area contributed by atoms with E-state index in [0.717, 1.165) is 5.56 Å². The van der Waals surface area contributed by atoms with Crippen LogP contribution in [0.4, 0.5) is 11.6 Å². The van der Waals surface area contributed by atoms with E-state index in [1.807, 2.05) is 37.3 Å². The van der Waals surface area contributed by atoms with E-state index in [4.69, 9.17) is 4.55 Å². The Labute approximate surface area is 152 Å². The molecule has 0 aliphatic heterocycles. The van der Waals surface area contributed by atoms with Crippen molar-refractivity contribution in [2.24, 2.45) is 0 Å². The first-order valence-electron chi connectivity index (χ1n) is 7.48. The average Bonchev–Trinajstić information content (AvgIpc) is 2.60. The number of hydrogen-bond donors (Lipinski definition) is 4. The van der Waals surface area contributed by atoms with Crippen LogP contribution in [0.5, 0.6) is 0 Å². The van der Waals surface area contributed by atoms with Crippen LogP contribution in [-0.4, -0.2) is 43.2 Å². The largest absolute Gasteiger partial charge is 0.394 e. The Balaban J connectivity index is 2.09. The highest BCUT2D eigenvalue weighted by Crippen LogP contribution is 2.23. The molecule has 0 aliphatic rings. The van der Waals surface area contributed by atoms with Crippen molar-refractivity contribution < 1.29 is 18.1 Å². The summed E-state index contributed by atoms with van der Waals surface area (Å²) in [6, 6.07) is 11.4. The van der Waals surface area contributed by atoms with Gasteiger partial charge in [-0.05, 0) is 12.5 Å². The van der Waals surface area contributed by atoms with Gasteiger partial charge < -0.3 is 15.7 Å². The van der Waals surface area contributed by atoms with Gasteiger partial charge in [-0.3, -0.25) is 4.55 Å². The van der Waals surface area contributed by atoms with Gasteiger partial charge in [0.2, 0.25) is 0 Å². The molecule has 0 fully saturated rings. The molecule has 4 N–H and O–H groups in total. The average molecular weight is 384 g/mol. The Bertz CT molecular complexity index is 690. The predicted molar refractivity (Wildman–Crippen MR) is 98.6 cm³/mol. The highest BCUT2D eigenvalue weighted by Gasteiger charge is 2.08. The third-order valence-corrected chi connectivity index (χ3v) is 4.24. The molecule has 8 nitrogen and oxygen atoms in total. The first-order chi connectivity index (χ1) is 12.1. The maximum atomic E-state index is 10.5. The van der Waals surface area contributed by atoms with Gasteiger partial charge in [0.1, 0.15) is 18.4 Å². The Morgan fingerprint density at radius 2 is 2.00 bits per heavy atom. The van der Waals surface area contributed by atoms with E-state index in [1.165, 1.54) is 11.8 Å². The molecule has 1 heterocycles. The third kappa shape index (κ3) is 7.36. The minimum atomic E-state index is -2.35. The van der Waals surface area contributed by atoms with E-state index in [0.29, 0.717) is 22.5 Å². The normalized spacial score (nSPS) is 13.2. The fourth-order valence-electron chi connectivity index (χ4n) is 1.83. The van der Waals surface area contributed by atoms with E-state index in [2.05, 4.69) is 24.8 Å². The van der Waals surface area contributed by atoms with E-state index < -0.39 is 11.4 Å². The molecule has 0 bridgehead atoms. The SMILES string of the molecule is C[C@H](CO)Nc1cc(NCOS(=O)O)nc(SCc2ccccc2)n1. The summed E-state index contributed by atoms with van der Waals surface area (Å²) in [6.45, 7) is 1.62. The van der Waals surface area contributed by atoms with Gasteiger partial charge in [-0.15, -0.1) is 0 Å². The zero-order valence-corrected chi connectivity index (χ0v) is 15.2. The van der Waals surface area contributed by atoms with Gasteiger partial charge >= 0.3 is 11.4 Å². The molecular formula is C15H20N4O4S2. The summed E-state index contributed by atoms with van der Waals surface area (Å²) in [6.07, 6.45) is 0. The summed E-state index contributed by atoms with van der Waals surface area (Å²) < 4.78 is 23.7. The Morgan fingerprint density at radius 1 is 1.28 bits per heavy atom. The quantitative estimate of drug-likeness (QED) is 0.211. The summed E-state index contributed by atoms with van der Waals surface area (Å²) in [5.41, 5.74) is 1.15. The van der Waals surface area contributed by atoms with E-state index in [1.54, 1.807) is 6.07 Å². The first kappa shape index (κ1) is 19.6. The fraction of sp³-hybridized carbons (Fsp3) is 0.333. The van der Waals surface area contributed by atoms with Gasteiger partial charge in [0, 0.05) is 17.9 Å². The molecule has 1 unspecified atom stereocenters. The van der Waals surface area contributed by atoms with Crippen molar-refractivity contribution in [3.8, 4) is 0 Å². The number of aliphatic hydroxyl groups is 1. The minimum Gasteiger partial charge on any atom is -0.394 e. The molecule has 1 aromatic heterocycles. The van der Waals surface area contributed by atoms with E-state index in [-0.39, 0.29) is 19.4 Å². The Morgan fingerprint density at radius 3 is 2.68 bits per heavy atom. The molecule has 0 saturated carbocycles. The predicted octanol–water partition coefficient (Wildman–Crippen LogP) is 2.08. The number of rotatable bonds is 10. The number of anilines is 2. The lowest BCUT2D eigenvalue weighted by Gasteiger charge is -2.14. The van der Waals surface area contributed by atoms with Crippen LogP contribution in [0.25, 0.3) is 0 Å². The molecule has 0 radical (unpaired) electrons. The first-order valence-corrected chi connectivity index (χ1v) is 9.49. The van der Waals surface area contributed by atoms with Crippen LogP contribution < -0.4 is 10.6 Å². The summed E-state index contributed by atoms with van der Waals surface area (Å²) in [5.74, 6) is 1.69. The van der Waals surface area contributed by atoms with Crippen LogP contribution in [0.3, 0.4) is 0 Å². The van der Waals surface area contributed by atoms with Gasteiger partial charge in [0.25, 0.3) is 0 Å². The molecule has 136 valence electrons. The monoisotopic (exact) mass is 384 g/mol. The van der Waals surface area contributed by atoms with Gasteiger partial charge in [-0.25, -0.2) is 14.2 Å². The molecule has 1 aromatic carbocycles. The number of nitrogens with zero attached hydrogens (tertiary/aromatic N) is 2. The molecule has 0 aliphatic carbocycles. The number of benzene rings is 1. The molecule has 10 heteroatoms. The number of aromatic nitrogens is 2. The van der Waals surface area contributed by atoms with Gasteiger partial charge in [-0.1, -0.05) is 42.1 Å². The number of nitrogens with one attached hydrogen (secondary N) is 2. The van der Waals surface area contributed by atoms with Crippen molar-refractivity contribution in [3.63, 3.8) is 0 Å². The topological polar surface area (TPSA) is 117 Å². The summed E-state index contributed by atoms with van der Waals surface area (Å²) >= 11 is -0.887. The van der Waals surface area contributed by atoms with Gasteiger partial charge in [0.05, 0.1) is 6.61 Å². The Hall–Kier alpha value is -1.72. The van der Waals surface area contributed by atoms with Crippen LogP contribution in [0.2, 0.25) is 0 Å². The Kier molecular flexibility index (Phi) is 8.09. The molecule has 2 aromatic rings. The fourth-order valence-corrected chi connectivity index (χ4v) is 2.80. The smallest absolute Gasteiger partial charge is 0.303 e. The molecule has 2 atom stereocenters. The molecule has 0 amide bonds. The van der Waals surface area contributed by atoms with Crippen molar-refractivity contribution >= 4 is 34.8 Å². The van der Waals surface area contributed by atoms with Crippen LogP contribution in [0.1, 0.15) is 12.5 Å². The minimum absolute atomic E-state index is 0.0359. The number of aliphatic hydroxyl groups excluding tert-OH is 1. The second kappa shape index (κ2) is 10.3. The van der Waals surface area contributed by atoms with Crippen molar-refractivity contribution in [3.05, 3.63) is 42.0 Å². The lowest BCUT2D eigenvalue weighted by Crippen LogP contribution is -2.20. The standard InChI is InChI=1S/C15H20N4O4S2/c1-11(8-20)17-14-7-13(16-10-23-25(21)22)18-15(19-14)24-9-12-5-3-2-4-6-12/h2-7,11,20H,8-10H2,1H3,(H,21,22)(H2,16,17,18,19)/t11-/m1/s1. The summed E-state index contributed by atoms with van der Waals surface area (Å²) in [5, 5.41) is 15.6. The maximum Gasteiger partial charge on any atom is 0.303 e. The maximum absolute atomic E-state index is 10.5. The third-order valence-electron chi connectivity index (χ3n) is 3.00. The lowest BCUT2D eigenvalue weighted by molar-refractivity contribution is 0.281. The van der Waals surface area contributed by atoms with Gasteiger partial charge in [-0.2, -0.15) is 4.21 Å². The van der Waals surface area contributed by atoms with Crippen molar-refractivity contribution in [2.75, 3.05) is 24.0 Å². The molecule has 0 spiro atoms. The van der Waals surface area contributed by atoms with Crippen LogP contribution in [0.15, 0.2) is 41.6 Å². The highest BCUT2D eigenvalue weighted by atomic mass is 32.2. The second-order valence-electron chi connectivity index (χ2n) is 5.08. The second-order valence-corrected chi connectivity index (χ2v) is 6.69. The molecule has 2 rings (SSSR count).